The topological polar surface area (TPSA) is 60.9 Å². The quantitative estimate of drug-likeness (QED) is 0.727. The molecule has 20 heavy (non-hydrogen) atoms. The molecule has 2 rings (SSSR count). The van der Waals surface area contributed by atoms with Crippen molar-refractivity contribution >= 4 is 0 Å². The maximum atomic E-state index is 9.71. The summed E-state index contributed by atoms with van der Waals surface area (Å²) >= 11 is 0. The van der Waals surface area contributed by atoms with Crippen LogP contribution in [0.4, 0.5) is 0 Å². The minimum absolute atomic E-state index is 0.269. The zero-order valence-electron chi connectivity index (χ0n) is 12.2. The molecule has 2 aromatic rings. The number of aromatic nitrogens is 2. The standard InChI is InChI=1S/C16H23N3O/c1-3-5-15(20)11-17-9-14-10-18-19-16(14)13-7-4-6-12(2)8-13/h4,6-8,10,15,17,20H,3,5,9,11H2,1-2H3,(H,18,19). The van der Waals surface area contributed by atoms with Gasteiger partial charge in [-0.3, -0.25) is 5.10 Å². The lowest BCUT2D eigenvalue weighted by molar-refractivity contribution is 0.160. The molecular weight excluding hydrogens is 250 g/mol. The third-order valence-electron chi connectivity index (χ3n) is 3.34. The number of benzene rings is 1. The summed E-state index contributed by atoms with van der Waals surface area (Å²) in [5, 5.41) is 20.2. The summed E-state index contributed by atoms with van der Waals surface area (Å²) in [6, 6.07) is 8.35. The number of aromatic amines is 1. The molecule has 0 bridgehead atoms. The Hall–Kier alpha value is -1.65. The lowest BCUT2D eigenvalue weighted by atomic mass is 10.1. The molecule has 1 aromatic heterocycles. The second-order valence-corrected chi connectivity index (χ2v) is 5.21. The SMILES string of the molecule is CCCC(O)CNCc1cn[nH]c1-c1cccc(C)c1. The molecule has 1 heterocycles. The largest absolute Gasteiger partial charge is 0.392 e. The van der Waals surface area contributed by atoms with E-state index in [0.29, 0.717) is 13.1 Å². The Kier molecular flexibility index (Phi) is 5.32. The molecule has 1 unspecified atom stereocenters. The Morgan fingerprint density at radius 3 is 3.00 bits per heavy atom. The molecule has 0 spiro atoms. The Balaban J connectivity index is 1.99. The van der Waals surface area contributed by atoms with E-state index in [0.717, 1.165) is 29.7 Å². The number of aryl methyl sites for hydroxylation is 1. The first kappa shape index (κ1) is 14.8. The first-order valence-electron chi connectivity index (χ1n) is 7.18. The van der Waals surface area contributed by atoms with Crippen LogP contribution in [0.15, 0.2) is 30.5 Å². The van der Waals surface area contributed by atoms with Gasteiger partial charge in [-0.15, -0.1) is 0 Å². The van der Waals surface area contributed by atoms with E-state index in [1.54, 1.807) is 0 Å². The van der Waals surface area contributed by atoms with E-state index in [-0.39, 0.29) is 6.10 Å². The summed E-state index contributed by atoms with van der Waals surface area (Å²) < 4.78 is 0. The highest BCUT2D eigenvalue weighted by molar-refractivity contribution is 5.63. The van der Waals surface area contributed by atoms with Crippen molar-refractivity contribution in [2.45, 2.75) is 39.3 Å². The Morgan fingerprint density at radius 2 is 2.25 bits per heavy atom. The van der Waals surface area contributed by atoms with Crippen LogP contribution in [0.3, 0.4) is 0 Å². The predicted octanol–water partition coefficient (Wildman–Crippen LogP) is 2.64. The number of nitrogens with one attached hydrogen (secondary N) is 2. The Morgan fingerprint density at radius 1 is 1.40 bits per heavy atom. The van der Waals surface area contributed by atoms with Crippen LogP contribution in [0.1, 0.15) is 30.9 Å². The van der Waals surface area contributed by atoms with Gasteiger partial charge in [-0.25, -0.2) is 0 Å². The summed E-state index contributed by atoms with van der Waals surface area (Å²) in [5.41, 5.74) is 4.55. The molecule has 4 nitrogen and oxygen atoms in total. The van der Waals surface area contributed by atoms with E-state index in [2.05, 4.69) is 47.6 Å². The lowest BCUT2D eigenvalue weighted by Gasteiger charge is -2.10. The molecule has 0 amide bonds. The normalized spacial score (nSPS) is 12.6. The molecule has 3 N–H and O–H groups in total. The average molecular weight is 273 g/mol. The van der Waals surface area contributed by atoms with E-state index < -0.39 is 0 Å². The van der Waals surface area contributed by atoms with Gasteiger partial charge in [0.05, 0.1) is 18.0 Å². The zero-order valence-corrected chi connectivity index (χ0v) is 12.2. The maximum Gasteiger partial charge on any atom is 0.0695 e. The first-order chi connectivity index (χ1) is 9.70. The average Bonchev–Trinajstić information content (AvgIpc) is 2.87. The van der Waals surface area contributed by atoms with Crippen molar-refractivity contribution in [3.05, 3.63) is 41.6 Å². The molecule has 0 radical (unpaired) electrons. The van der Waals surface area contributed by atoms with Crippen LogP contribution in [0.2, 0.25) is 0 Å². The van der Waals surface area contributed by atoms with Gasteiger partial charge in [0, 0.05) is 24.2 Å². The fourth-order valence-electron chi connectivity index (χ4n) is 2.30. The number of aliphatic hydroxyl groups is 1. The summed E-state index contributed by atoms with van der Waals surface area (Å²) in [7, 11) is 0. The molecule has 108 valence electrons. The van der Waals surface area contributed by atoms with Crippen LogP contribution in [0, 0.1) is 6.92 Å². The van der Waals surface area contributed by atoms with Gasteiger partial charge in [0.15, 0.2) is 0 Å². The van der Waals surface area contributed by atoms with Crippen LogP contribution < -0.4 is 5.32 Å². The third kappa shape index (κ3) is 3.92. The minimum Gasteiger partial charge on any atom is -0.392 e. The van der Waals surface area contributed by atoms with E-state index in [4.69, 9.17) is 0 Å². The number of nitrogens with zero attached hydrogens (tertiary/aromatic N) is 1. The van der Waals surface area contributed by atoms with Gasteiger partial charge in [0.2, 0.25) is 0 Å². The number of hydrogen-bond donors (Lipinski definition) is 3. The third-order valence-corrected chi connectivity index (χ3v) is 3.34. The highest BCUT2D eigenvalue weighted by Gasteiger charge is 2.08. The smallest absolute Gasteiger partial charge is 0.0695 e. The molecule has 0 saturated heterocycles. The summed E-state index contributed by atoms with van der Waals surface area (Å²) in [4.78, 5) is 0. The molecule has 0 aliphatic rings. The van der Waals surface area contributed by atoms with Gasteiger partial charge in [-0.1, -0.05) is 37.1 Å². The van der Waals surface area contributed by atoms with Crippen LogP contribution in [-0.4, -0.2) is 28.0 Å². The second-order valence-electron chi connectivity index (χ2n) is 5.21. The van der Waals surface area contributed by atoms with E-state index in [1.807, 2.05) is 12.3 Å². The van der Waals surface area contributed by atoms with Gasteiger partial charge in [0.1, 0.15) is 0 Å². The van der Waals surface area contributed by atoms with Gasteiger partial charge in [-0.05, 0) is 19.4 Å². The lowest BCUT2D eigenvalue weighted by Crippen LogP contribution is -2.26. The Bertz CT molecular complexity index is 536. The van der Waals surface area contributed by atoms with Crippen LogP contribution in [0.5, 0.6) is 0 Å². The summed E-state index contributed by atoms with van der Waals surface area (Å²) in [5.74, 6) is 0. The Labute approximate surface area is 120 Å². The first-order valence-corrected chi connectivity index (χ1v) is 7.18. The summed E-state index contributed by atoms with van der Waals surface area (Å²) in [6.07, 6.45) is 3.41. The van der Waals surface area contributed by atoms with Crippen molar-refractivity contribution in [3.8, 4) is 11.3 Å². The number of aliphatic hydroxyl groups excluding tert-OH is 1. The number of rotatable bonds is 7. The van der Waals surface area contributed by atoms with Crippen LogP contribution >= 0.6 is 0 Å². The van der Waals surface area contributed by atoms with Crippen LogP contribution in [-0.2, 0) is 6.54 Å². The van der Waals surface area contributed by atoms with E-state index >= 15 is 0 Å². The van der Waals surface area contributed by atoms with E-state index in [1.165, 1.54) is 5.56 Å². The molecule has 4 heteroatoms. The summed E-state index contributed by atoms with van der Waals surface area (Å²) in [6.45, 7) is 5.49. The molecule has 0 aliphatic heterocycles. The van der Waals surface area contributed by atoms with Crippen molar-refractivity contribution < 1.29 is 5.11 Å². The highest BCUT2D eigenvalue weighted by Crippen LogP contribution is 2.21. The minimum atomic E-state index is -0.269. The monoisotopic (exact) mass is 273 g/mol. The number of H-pyrrole nitrogens is 1. The predicted molar refractivity (Wildman–Crippen MR) is 81.4 cm³/mol. The number of hydrogen-bond acceptors (Lipinski definition) is 3. The van der Waals surface area contributed by atoms with Gasteiger partial charge in [0.25, 0.3) is 0 Å². The molecular formula is C16H23N3O. The van der Waals surface area contributed by atoms with Crippen LogP contribution in [0.25, 0.3) is 11.3 Å². The van der Waals surface area contributed by atoms with E-state index in [9.17, 15) is 5.11 Å². The fraction of sp³-hybridized carbons (Fsp3) is 0.438. The van der Waals surface area contributed by atoms with Crippen molar-refractivity contribution in [1.82, 2.24) is 15.5 Å². The maximum absolute atomic E-state index is 9.71. The highest BCUT2D eigenvalue weighted by atomic mass is 16.3. The van der Waals surface area contributed by atoms with Gasteiger partial charge < -0.3 is 10.4 Å². The molecule has 1 aromatic carbocycles. The second kappa shape index (κ2) is 7.22. The molecule has 1 atom stereocenters. The zero-order chi connectivity index (χ0) is 14.4. The van der Waals surface area contributed by atoms with Crippen molar-refractivity contribution in [2.75, 3.05) is 6.54 Å². The van der Waals surface area contributed by atoms with Crippen molar-refractivity contribution in [1.29, 1.82) is 0 Å². The molecule has 0 saturated carbocycles. The molecule has 0 fully saturated rings. The molecule has 0 aliphatic carbocycles. The van der Waals surface area contributed by atoms with Crippen molar-refractivity contribution in [3.63, 3.8) is 0 Å². The van der Waals surface area contributed by atoms with Gasteiger partial charge in [-0.2, -0.15) is 5.10 Å². The van der Waals surface area contributed by atoms with Crippen molar-refractivity contribution in [2.24, 2.45) is 0 Å². The van der Waals surface area contributed by atoms with Gasteiger partial charge >= 0.3 is 0 Å². The fourth-order valence-corrected chi connectivity index (χ4v) is 2.30.